The van der Waals surface area contributed by atoms with Gasteiger partial charge < -0.3 is 10.2 Å². The highest BCUT2D eigenvalue weighted by molar-refractivity contribution is 6.30. The molecule has 0 fully saturated rings. The van der Waals surface area contributed by atoms with Crippen molar-refractivity contribution < 1.29 is 4.79 Å². The zero-order valence-electron chi connectivity index (χ0n) is 14.2. The lowest BCUT2D eigenvalue weighted by atomic mass is 9.88. The molecule has 0 radical (unpaired) electrons. The number of fused-ring (bicyclic) bond motifs is 1. The van der Waals surface area contributed by atoms with E-state index >= 15 is 0 Å². The fourth-order valence-corrected chi connectivity index (χ4v) is 3.63. The minimum absolute atomic E-state index is 0.0894. The number of amides is 2. The fraction of sp³-hybridized carbons (Fsp3) is 0.136. The largest absolute Gasteiger partial charge is 0.322 e. The van der Waals surface area contributed by atoms with Gasteiger partial charge in [0.05, 0.1) is 6.04 Å². The first kappa shape index (κ1) is 16.7. The van der Waals surface area contributed by atoms with Crippen LogP contribution in [-0.4, -0.2) is 17.5 Å². The third-order valence-corrected chi connectivity index (χ3v) is 5.01. The molecule has 26 heavy (non-hydrogen) atoms. The van der Waals surface area contributed by atoms with Crippen molar-refractivity contribution in [3.05, 3.63) is 101 Å². The van der Waals surface area contributed by atoms with Crippen molar-refractivity contribution in [1.29, 1.82) is 0 Å². The van der Waals surface area contributed by atoms with Crippen LogP contribution >= 0.6 is 11.6 Å². The molecule has 1 heterocycles. The number of nitrogens with zero attached hydrogens (tertiary/aromatic N) is 1. The number of nitrogens with one attached hydrogen (secondary N) is 1. The molecule has 1 atom stereocenters. The van der Waals surface area contributed by atoms with Crippen molar-refractivity contribution in [3.8, 4) is 0 Å². The normalized spacial score (nSPS) is 16.0. The predicted molar refractivity (Wildman–Crippen MR) is 106 cm³/mol. The Labute approximate surface area is 158 Å². The van der Waals surface area contributed by atoms with E-state index in [4.69, 9.17) is 11.6 Å². The van der Waals surface area contributed by atoms with Gasteiger partial charge in [0.25, 0.3) is 0 Å². The molecule has 130 valence electrons. The van der Waals surface area contributed by atoms with Gasteiger partial charge in [-0.3, -0.25) is 0 Å². The number of halogens is 1. The Morgan fingerprint density at radius 2 is 1.62 bits per heavy atom. The molecule has 1 N–H and O–H groups in total. The van der Waals surface area contributed by atoms with E-state index in [-0.39, 0.29) is 12.1 Å². The molecule has 4 heteroatoms. The minimum Gasteiger partial charge on any atom is -0.313 e. The highest BCUT2D eigenvalue weighted by Gasteiger charge is 2.31. The van der Waals surface area contributed by atoms with Gasteiger partial charge in [0.1, 0.15) is 0 Å². The lowest BCUT2D eigenvalue weighted by Crippen LogP contribution is -2.42. The molecule has 0 spiro atoms. The standard InChI is InChI=1S/C22H19ClN2O/c23-18-10-12-19(13-11-18)24-22(26)25-15-14-16-6-4-5-9-20(16)21(25)17-7-2-1-3-8-17/h1-13,21H,14-15H2,(H,24,26)/t21-/m0/s1. The van der Waals surface area contributed by atoms with Crippen LogP contribution in [0.3, 0.4) is 0 Å². The van der Waals surface area contributed by atoms with E-state index in [9.17, 15) is 4.79 Å². The van der Waals surface area contributed by atoms with Crippen molar-refractivity contribution in [2.45, 2.75) is 12.5 Å². The molecular weight excluding hydrogens is 344 g/mol. The monoisotopic (exact) mass is 362 g/mol. The minimum atomic E-state index is -0.101. The number of hydrogen-bond acceptors (Lipinski definition) is 1. The topological polar surface area (TPSA) is 32.3 Å². The van der Waals surface area contributed by atoms with Crippen molar-refractivity contribution >= 4 is 23.3 Å². The Balaban J connectivity index is 1.68. The zero-order chi connectivity index (χ0) is 17.9. The summed E-state index contributed by atoms with van der Waals surface area (Å²) >= 11 is 5.93. The van der Waals surface area contributed by atoms with Crippen LogP contribution < -0.4 is 5.32 Å². The maximum Gasteiger partial charge on any atom is 0.322 e. The van der Waals surface area contributed by atoms with Gasteiger partial charge >= 0.3 is 6.03 Å². The number of carbonyl (C=O) groups excluding carboxylic acids is 1. The van der Waals surface area contributed by atoms with Crippen LogP contribution in [0.5, 0.6) is 0 Å². The quantitative estimate of drug-likeness (QED) is 0.639. The average Bonchev–Trinajstić information content (AvgIpc) is 2.69. The lowest BCUT2D eigenvalue weighted by molar-refractivity contribution is 0.194. The molecule has 0 saturated heterocycles. The summed E-state index contributed by atoms with van der Waals surface area (Å²) in [6.45, 7) is 0.677. The van der Waals surface area contributed by atoms with E-state index < -0.39 is 0 Å². The van der Waals surface area contributed by atoms with E-state index in [2.05, 4.69) is 35.6 Å². The summed E-state index contributed by atoms with van der Waals surface area (Å²) < 4.78 is 0. The highest BCUT2D eigenvalue weighted by atomic mass is 35.5. The van der Waals surface area contributed by atoms with Crippen molar-refractivity contribution in [1.82, 2.24) is 4.90 Å². The number of hydrogen-bond donors (Lipinski definition) is 1. The predicted octanol–water partition coefficient (Wildman–Crippen LogP) is 5.52. The van der Waals surface area contributed by atoms with Crippen LogP contribution in [0.1, 0.15) is 22.7 Å². The molecule has 0 aliphatic carbocycles. The molecule has 1 aliphatic heterocycles. The third kappa shape index (κ3) is 3.31. The summed E-state index contributed by atoms with van der Waals surface area (Å²) in [5, 5.41) is 3.65. The molecule has 4 rings (SSSR count). The molecule has 0 aromatic heterocycles. The molecule has 3 aromatic carbocycles. The van der Waals surface area contributed by atoms with Gasteiger partial charge in [-0.15, -0.1) is 0 Å². The van der Waals surface area contributed by atoms with E-state index in [0.717, 1.165) is 17.7 Å². The Bertz CT molecular complexity index is 909. The van der Waals surface area contributed by atoms with Gasteiger partial charge in [0.15, 0.2) is 0 Å². The van der Waals surface area contributed by atoms with Crippen LogP contribution in [0.15, 0.2) is 78.9 Å². The summed E-state index contributed by atoms with van der Waals surface area (Å²) in [7, 11) is 0. The summed E-state index contributed by atoms with van der Waals surface area (Å²) in [5.41, 5.74) is 4.35. The summed E-state index contributed by atoms with van der Waals surface area (Å²) in [4.78, 5) is 14.9. The van der Waals surface area contributed by atoms with Gasteiger partial charge in [-0.1, -0.05) is 66.2 Å². The average molecular weight is 363 g/mol. The molecule has 2 amide bonds. The lowest BCUT2D eigenvalue weighted by Gasteiger charge is -2.37. The summed E-state index contributed by atoms with van der Waals surface area (Å²) in [6.07, 6.45) is 0.855. The second kappa shape index (κ2) is 7.22. The Morgan fingerprint density at radius 1 is 0.923 bits per heavy atom. The second-order valence-electron chi connectivity index (χ2n) is 6.39. The van der Waals surface area contributed by atoms with Crippen LogP contribution in [0, 0.1) is 0 Å². The molecule has 3 aromatic rings. The maximum absolute atomic E-state index is 13.0. The van der Waals surface area contributed by atoms with E-state index in [1.54, 1.807) is 12.1 Å². The number of carbonyl (C=O) groups is 1. The van der Waals surface area contributed by atoms with Gasteiger partial charge in [0.2, 0.25) is 0 Å². The SMILES string of the molecule is O=C(Nc1ccc(Cl)cc1)N1CCc2ccccc2[C@@H]1c1ccccc1. The van der Waals surface area contributed by atoms with E-state index in [1.165, 1.54) is 11.1 Å². The number of rotatable bonds is 2. The van der Waals surface area contributed by atoms with Gasteiger partial charge in [-0.05, 0) is 47.4 Å². The highest BCUT2D eigenvalue weighted by Crippen LogP contribution is 2.35. The molecule has 3 nitrogen and oxygen atoms in total. The zero-order valence-corrected chi connectivity index (χ0v) is 15.0. The first-order valence-corrected chi connectivity index (χ1v) is 9.06. The van der Waals surface area contributed by atoms with E-state index in [1.807, 2.05) is 41.3 Å². The van der Waals surface area contributed by atoms with E-state index in [0.29, 0.717) is 11.6 Å². The first-order valence-electron chi connectivity index (χ1n) is 8.68. The fourth-order valence-electron chi connectivity index (χ4n) is 3.51. The smallest absolute Gasteiger partial charge is 0.313 e. The first-order chi connectivity index (χ1) is 12.7. The van der Waals surface area contributed by atoms with Crippen LogP contribution in [0.2, 0.25) is 5.02 Å². The van der Waals surface area contributed by atoms with Crippen LogP contribution in [0.4, 0.5) is 10.5 Å². The number of urea groups is 1. The number of benzene rings is 3. The molecule has 1 aliphatic rings. The van der Waals surface area contributed by atoms with Crippen LogP contribution in [0.25, 0.3) is 0 Å². The van der Waals surface area contributed by atoms with Crippen molar-refractivity contribution in [2.75, 3.05) is 11.9 Å². The molecule has 0 bridgehead atoms. The van der Waals surface area contributed by atoms with Crippen molar-refractivity contribution in [2.24, 2.45) is 0 Å². The third-order valence-electron chi connectivity index (χ3n) is 4.76. The Kier molecular flexibility index (Phi) is 4.63. The van der Waals surface area contributed by atoms with Gasteiger partial charge in [-0.25, -0.2) is 4.79 Å². The van der Waals surface area contributed by atoms with Gasteiger partial charge in [0, 0.05) is 17.3 Å². The molecule has 0 unspecified atom stereocenters. The Morgan fingerprint density at radius 3 is 2.38 bits per heavy atom. The van der Waals surface area contributed by atoms with Gasteiger partial charge in [-0.2, -0.15) is 0 Å². The summed E-state index contributed by atoms with van der Waals surface area (Å²) in [5.74, 6) is 0. The van der Waals surface area contributed by atoms with Crippen LogP contribution in [-0.2, 0) is 6.42 Å². The Hall–Kier alpha value is -2.78. The summed E-state index contributed by atoms with van der Waals surface area (Å²) in [6, 6.07) is 25.5. The molecular formula is C22H19ClN2O. The second-order valence-corrected chi connectivity index (χ2v) is 6.83. The number of anilines is 1. The molecule has 0 saturated carbocycles. The van der Waals surface area contributed by atoms with Crippen molar-refractivity contribution in [3.63, 3.8) is 0 Å². The maximum atomic E-state index is 13.0.